The number of nitrogens with one attached hydrogen (secondary N) is 1. The van der Waals surface area contributed by atoms with Gasteiger partial charge in [0.05, 0.1) is 4.92 Å². The first-order chi connectivity index (χ1) is 10.4. The predicted octanol–water partition coefficient (Wildman–Crippen LogP) is 2.42. The number of nitrogens with zero attached hydrogens (tertiary/aromatic N) is 4. The molecule has 1 saturated carbocycles. The molecule has 1 N–H and O–H groups in total. The van der Waals surface area contributed by atoms with E-state index in [9.17, 15) is 10.1 Å². The van der Waals surface area contributed by atoms with Gasteiger partial charge in [-0.05, 0) is 33.4 Å². The number of aryl methyl sites for hydroxylation is 2. The highest BCUT2D eigenvalue weighted by molar-refractivity contribution is 5.60. The molecule has 1 aromatic heterocycles. The molecule has 1 aromatic rings. The summed E-state index contributed by atoms with van der Waals surface area (Å²) in [4.78, 5) is 13.3. The molecule has 0 unspecified atom stereocenters. The highest BCUT2D eigenvalue weighted by atomic mass is 16.6. The summed E-state index contributed by atoms with van der Waals surface area (Å²) in [7, 11) is 5.94. The van der Waals surface area contributed by atoms with Crippen molar-refractivity contribution in [1.29, 1.82) is 0 Å². The Kier molecular flexibility index (Phi) is 5.05. The van der Waals surface area contributed by atoms with E-state index in [4.69, 9.17) is 0 Å². The molecule has 0 spiro atoms. The van der Waals surface area contributed by atoms with Crippen LogP contribution in [0.4, 0.5) is 11.5 Å². The smallest absolute Gasteiger partial charge is 0.333 e. The summed E-state index contributed by atoms with van der Waals surface area (Å²) >= 11 is 0. The second kappa shape index (κ2) is 6.64. The summed E-state index contributed by atoms with van der Waals surface area (Å²) in [5, 5.41) is 19.0. The van der Waals surface area contributed by atoms with Crippen molar-refractivity contribution >= 4 is 11.5 Å². The van der Waals surface area contributed by atoms with Gasteiger partial charge < -0.3 is 10.2 Å². The van der Waals surface area contributed by atoms with Crippen LogP contribution in [0, 0.1) is 15.5 Å². The van der Waals surface area contributed by atoms with Crippen LogP contribution in [0.3, 0.4) is 0 Å². The normalized spacial score (nSPS) is 17.1. The molecule has 1 fully saturated rings. The molecule has 0 aromatic carbocycles. The van der Waals surface area contributed by atoms with Crippen LogP contribution >= 0.6 is 0 Å². The van der Waals surface area contributed by atoms with Crippen LogP contribution in [0.25, 0.3) is 0 Å². The number of hydrogen-bond donors (Lipinski definition) is 1. The molecule has 0 radical (unpaired) electrons. The molecule has 0 bridgehead atoms. The minimum Gasteiger partial charge on any atom is -0.364 e. The van der Waals surface area contributed by atoms with E-state index >= 15 is 0 Å². The third-order valence-corrected chi connectivity index (χ3v) is 4.56. The van der Waals surface area contributed by atoms with Crippen molar-refractivity contribution in [3.05, 3.63) is 15.8 Å². The molecular weight excluding hydrogens is 282 g/mol. The van der Waals surface area contributed by atoms with E-state index in [1.165, 1.54) is 25.7 Å². The van der Waals surface area contributed by atoms with Gasteiger partial charge in [0, 0.05) is 25.6 Å². The molecular formula is C15H27N5O2. The first-order valence-corrected chi connectivity index (χ1v) is 7.97. The van der Waals surface area contributed by atoms with E-state index in [-0.39, 0.29) is 16.0 Å². The molecule has 124 valence electrons. The highest BCUT2D eigenvalue weighted by Crippen LogP contribution is 2.39. The Morgan fingerprint density at radius 2 is 2.05 bits per heavy atom. The molecule has 7 heteroatoms. The fourth-order valence-corrected chi connectivity index (χ4v) is 3.65. The lowest BCUT2D eigenvalue weighted by molar-refractivity contribution is -0.384. The van der Waals surface area contributed by atoms with Crippen molar-refractivity contribution in [3.63, 3.8) is 0 Å². The Balaban J connectivity index is 2.20. The van der Waals surface area contributed by atoms with Gasteiger partial charge in [-0.1, -0.05) is 19.8 Å². The molecule has 2 rings (SSSR count). The number of rotatable bonds is 7. The topological polar surface area (TPSA) is 76.2 Å². The molecule has 1 heterocycles. The lowest BCUT2D eigenvalue weighted by Gasteiger charge is -2.32. The van der Waals surface area contributed by atoms with Crippen LogP contribution in [0.2, 0.25) is 0 Å². The summed E-state index contributed by atoms with van der Waals surface area (Å²) in [6, 6.07) is 0. The van der Waals surface area contributed by atoms with Crippen molar-refractivity contribution < 1.29 is 4.92 Å². The minimum absolute atomic E-state index is 0.128. The van der Waals surface area contributed by atoms with E-state index in [1.54, 1.807) is 11.7 Å². The van der Waals surface area contributed by atoms with E-state index in [0.717, 1.165) is 13.1 Å². The Morgan fingerprint density at radius 3 is 2.55 bits per heavy atom. The standard InChI is InChI=1S/C15H27N5O2/c1-5-12-13(20(21)22)14(19(4)17-12)16-10-15(11-18(2)3)8-6-7-9-15/h16H,5-11H2,1-4H3. The Hall–Kier alpha value is -1.63. The number of nitro groups is 1. The highest BCUT2D eigenvalue weighted by Gasteiger charge is 2.35. The zero-order valence-corrected chi connectivity index (χ0v) is 14.1. The monoisotopic (exact) mass is 309 g/mol. The van der Waals surface area contributed by atoms with Crippen molar-refractivity contribution in [3.8, 4) is 0 Å². The van der Waals surface area contributed by atoms with Gasteiger partial charge in [0.2, 0.25) is 5.82 Å². The van der Waals surface area contributed by atoms with Gasteiger partial charge in [0.15, 0.2) is 0 Å². The fourth-order valence-electron chi connectivity index (χ4n) is 3.65. The molecule has 1 aliphatic carbocycles. The lowest BCUT2D eigenvalue weighted by Crippen LogP contribution is -2.37. The van der Waals surface area contributed by atoms with Crippen LogP contribution in [0.5, 0.6) is 0 Å². The van der Waals surface area contributed by atoms with Gasteiger partial charge in [0.1, 0.15) is 5.69 Å². The van der Waals surface area contributed by atoms with Gasteiger partial charge in [0.25, 0.3) is 0 Å². The van der Waals surface area contributed by atoms with E-state index in [0.29, 0.717) is 17.9 Å². The maximum atomic E-state index is 11.4. The van der Waals surface area contributed by atoms with Gasteiger partial charge in [-0.15, -0.1) is 0 Å². The van der Waals surface area contributed by atoms with Gasteiger partial charge in [-0.2, -0.15) is 5.10 Å². The zero-order valence-electron chi connectivity index (χ0n) is 14.1. The first kappa shape index (κ1) is 16.7. The molecule has 0 aliphatic heterocycles. The maximum absolute atomic E-state index is 11.4. The van der Waals surface area contributed by atoms with Crippen molar-refractivity contribution in [2.75, 3.05) is 32.5 Å². The van der Waals surface area contributed by atoms with Crippen LogP contribution in [0.15, 0.2) is 0 Å². The third kappa shape index (κ3) is 3.40. The SMILES string of the molecule is CCc1nn(C)c(NCC2(CN(C)C)CCCC2)c1[N+](=O)[O-]. The first-order valence-electron chi connectivity index (χ1n) is 7.97. The summed E-state index contributed by atoms with van der Waals surface area (Å²) in [5.74, 6) is 0.534. The van der Waals surface area contributed by atoms with Crippen LogP contribution in [-0.2, 0) is 13.5 Å². The second-order valence-corrected chi connectivity index (χ2v) is 6.68. The fraction of sp³-hybridized carbons (Fsp3) is 0.800. The summed E-state index contributed by atoms with van der Waals surface area (Å²) in [5.41, 5.74) is 0.875. The van der Waals surface area contributed by atoms with Crippen LogP contribution < -0.4 is 5.32 Å². The number of anilines is 1. The van der Waals surface area contributed by atoms with E-state index in [2.05, 4.69) is 29.4 Å². The van der Waals surface area contributed by atoms with Crippen LogP contribution in [-0.4, -0.2) is 46.8 Å². The van der Waals surface area contributed by atoms with Gasteiger partial charge >= 0.3 is 5.69 Å². The summed E-state index contributed by atoms with van der Waals surface area (Å²) in [6.07, 6.45) is 5.38. The van der Waals surface area contributed by atoms with Crippen molar-refractivity contribution in [2.45, 2.75) is 39.0 Å². The quantitative estimate of drug-likeness (QED) is 0.618. The van der Waals surface area contributed by atoms with Gasteiger partial charge in [-0.3, -0.25) is 10.1 Å². The largest absolute Gasteiger partial charge is 0.364 e. The zero-order chi connectivity index (χ0) is 16.3. The van der Waals surface area contributed by atoms with E-state index in [1.807, 2.05) is 6.92 Å². The van der Waals surface area contributed by atoms with E-state index < -0.39 is 0 Å². The van der Waals surface area contributed by atoms with Crippen molar-refractivity contribution in [2.24, 2.45) is 12.5 Å². The molecule has 0 atom stereocenters. The predicted molar refractivity (Wildman–Crippen MR) is 87.2 cm³/mol. The Labute approximate surface area is 131 Å². The third-order valence-electron chi connectivity index (χ3n) is 4.56. The second-order valence-electron chi connectivity index (χ2n) is 6.68. The summed E-state index contributed by atoms with van der Waals surface area (Å²) < 4.78 is 1.61. The lowest BCUT2D eigenvalue weighted by atomic mass is 9.85. The Morgan fingerprint density at radius 1 is 1.41 bits per heavy atom. The van der Waals surface area contributed by atoms with Gasteiger partial charge in [-0.25, -0.2) is 4.68 Å². The number of aromatic nitrogens is 2. The Bertz CT molecular complexity index is 532. The summed E-state index contributed by atoms with van der Waals surface area (Å²) in [6.45, 7) is 3.66. The molecule has 0 amide bonds. The maximum Gasteiger partial charge on any atom is 0.333 e. The number of hydrogen-bond acceptors (Lipinski definition) is 5. The average Bonchev–Trinajstić information content (AvgIpc) is 3.00. The average molecular weight is 309 g/mol. The minimum atomic E-state index is -0.318. The molecule has 0 saturated heterocycles. The molecule has 1 aliphatic rings. The molecule has 22 heavy (non-hydrogen) atoms. The van der Waals surface area contributed by atoms with Crippen molar-refractivity contribution in [1.82, 2.24) is 14.7 Å². The van der Waals surface area contributed by atoms with Crippen LogP contribution in [0.1, 0.15) is 38.3 Å². The molecule has 7 nitrogen and oxygen atoms in total.